The quantitative estimate of drug-likeness (QED) is 0.356. The maximum Gasteiger partial charge on any atom is 0.408 e. The van der Waals surface area contributed by atoms with E-state index in [0.29, 0.717) is 38.6 Å². The zero-order chi connectivity index (χ0) is 31.3. The Morgan fingerprint density at radius 1 is 1.07 bits per heavy atom. The molecule has 2 aliphatic heterocycles. The molecule has 1 aromatic rings. The first-order chi connectivity index (χ1) is 20.3. The first kappa shape index (κ1) is 32.5. The van der Waals surface area contributed by atoms with Crippen molar-refractivity contribution < 1.29 is 32.3 Å². The van der Waals surface area contributed by atoms with Gasteiger partial charge in [0.05, 0.1) is 0 Å². The summed E-state index contributed by atoms with van der Waals surface area (Å²) >= 11 is 0. The molecule has 4 atom stereocenters. The van der Waals surface area contributed by atoms with Crippen LogP contribution < -0.4 is 20.1 Å². The fraction of sp³-hybridized carbons (Fsp3) is 0.600. The van der Waals surface area contributed by atoms with Crippen LogP contribution in [-0.2, 0) is 35.9 Å². The van der Waals surface area contributed by atoms with Crippen LogP contribution in [-0.4, -0.2) is 66.9 Å². The van der Waals surface area contributed by atoms with Crippen molar-refractivity contribution >= 4 is 34.0 Å². The van der Waals surface area contributed by atoms with Crippen molar-refractivity contribution in [1.29, 1.82) is 0 Å². The van der Waals surface area contributed by atoms with E-state index >= 15 is 0 Å². The number of carbonyl (C=O) groups is 4. The minimum absolute atomic E-state index is 0.0101. The summed E-state index contributed by atoms with van der Waals surface area (Å²) in [6.07, 6.45) is 7.72. The molecule has 1 saturated heterocycles. The summed E-state index contributed by atoms with van der Waals surface area (Å²) in [6, 6.07) is 7.16. The fourth-order valence-electron chi connectivity index (χ4n) is 5.57. The van der Waals surface area contributed by atoms with E-state index in [1.165, 1.54) is 4.90 Å². The van der Waals surface area contributed by atoms with E-state index in [-0.39, 0.29) is 18.9 Å². The predicted molar refractivity (Wildman–Crippen MR) is 159 cm³/mol. The van der Waals surface area contributed by atoms with Gasteiger partial charge in [0.2, 0.25) is 11.8 Å². The Balaban J connectivity index is 1.50. The molecular formula is C30H43N5O7S. The first-order valence-corrected chi connectivity index (χ1v) is 16.4. The van der Waals surface area contributed by atoms with Gasteiger partial charge in [0.1, 0.15) is 23.2 Å². The second kappa shape index (κ2) is 13.5. The molecule has 0 unspecified atom stereocenters. The Labute approximate surface area is 253 Å². The highest BCUT2D eigenvalue weighted by Crippen LogP contribution is 2.45. The molecule has 2 fully saturated rings. The fourth-order valence-corrected chi connectivity index (χ4v) is 6.42. The van der Waals surface area contributed by atoms with Gasteiger partial charge in [0.25, 0.3) is 5.91 Å². The molecule has 1 aliphatic carbocycles. The first-order valence-electron chi connectivity index (χ1n) is 14.9. The van der Waals surface area contributed by atoms with E-state index in [2.05, 4.69) is 20.1 Å². The number of amides is 4. The van der Waals surface area contributed by atoms with Crippen molar-refractivity contribution in [3.05, 3.63) is 48.0 Å². The Morgan fingerprint density at radius 2 is 1.81 bits per heavy atom. The number of fused-ring (bicyclic) bond motifs is 2. The maximum absolute atomic E-state index is 13.7. The van der Waals surface area contributed by atoms with Crippen LogP contribution in [0.2, 0.25) is 0 Å². The van der Waals surface area contributed by atoms with Crippen LogP contribution in [0.15, 0.2) is 42.5 Å². The average Bonchev–Trinajstić information content (AvgIpc) is 3.39. The van der Waals surface area contributed by atoms with E-state index in [9.17, 15) is 27.6 Å². The number of hydrogen-bond donors (Lipinski definition) is 4. The van der Waals surface area contributed by atoms with E-state index in [0.717, 1.165) is 18.4 Å². The summed E-state index contributed by atoms with van der Waals surface area (Å²) in [5.41, 5.74) is -1.48. The number of carbonyl (C=O) groups excluding carboxylic acids is 4. The molecule has 0 radical (unpaired) electrons. The average molecular weight is 618 g/mol. The lowest BCUT2D eigenvalue weighted by Gasteiger charge is -2.30. The molecule has 0 spiro atoms. The smallest absolute Gasteiger partial charge is 0.408 e. The summed E-state index contributed by atoms with van der Waals surface area (Å²) in [5.74, 6) is -2.13. The van der Waals surface area contributed by atoms with Crippen molar-refractivity contribution in [2.75, 3.05) is 6.54 Å². The standard InChI is InChI=1S/C30H43N5O7S/c1-29(2,3)42-28(39)32-23-16-11-6-4-5-10-15-22-19-30(22,33-25(36)24-17-12-18-35(24)26(23)37)27(38)34-43(40,41)31-20-21-13-8-7-9-14-21/h7-10,13-15,22-24,31H,4-6,11-12,16-20H2,1-3H3,(H,32,39)(H,33,36)(H,34,38)/t22-,23+,24+,30-/m1/s1. The lowest BCUT2D eigenvalue weighted by molar-refractivity contribution is -0.141. The van der Waals surface area contributed by atoms with Gasteiger partial charge in [-0.3, -0.25) is 14.4 Å². The minimum atomic E-state index is -4.22. The van der Waals surface area contributed by atoms with Gasteiger partial charge in [0.15, 0.2) is 0 Å². The van der Waals surface area contributed by atoms with E-state index < -0.39 is 57.3 Å². The molecular weight excluding hydrogens is 574 g/mol. The molecule has 1 saturated carbocycles. The third-order valence-electron chi connectivity index (χ3n) is 7.86. The zero-order valence-electron chi connectivity index (χ0n) is 25.1. The minimum Gasteiger partial charge on any atom is -0.444 e. The molecule has 2 heterocycles. The predicted octanol–water partition coefficient (Wildman–Crippen LogP) is 2.42. The summed E-state index contributed by atoms with van der Waals surface area (Å²) in [5, 5.41) is 5.51. The Hall–Kier alpha value is -3.45. The molecule has 3 aliphatic rings. The van der Waals surface area contributed by atoms with Crippen molar-refractivity contribution in [3.63, 3.8) is 0 Å². The summed E-state index contributed by atoms with van der Waals surface area (Å²) in [6.45, 7) is 5.52. The zero-order valence-corrected chi connectivity index (χ0v) is 25.9. The monoisotopic (exact) mass is 617 g/mol. The molecule has 4 amide bonds. The number of nitrogens with one attached hydrogen (secondary N) is 4. The van der Waals surface area contributed by atoms with Gasteiger partial charge in [0, 0.05) is 19.0 Å². The van der Waals surface area contributed by atoms with Crippen LogP contribution in [0.4, 0.5) is 4.79 Å². The van der Waals surface area contributed by atoms with Gasteiger partial charge < -0.3 is 20.3 Å². The summed E-state index contributed by atoms with van der Waals surface area (Å²) in [7, 11) is -4.22. The van der Waals surface area contributed by atoms with E-state index in [4.69, 9.17) is 4.74 Å². The van der Waals surface area contributed by atoms with Crippen molar-refractivity contribution in [2.24, 2.45) is 5.92 Å². The second-order valence-electron chi connectivity index (χ2n) is 12.5. The van der Waals surface area contributed by atoms with Gasteiger partial charge >= 0.3 is 16.3 Å². The van der Waals surface area contributed by atoms with Gasteiger partial charge in [-0.1, -0.05) is 55.3 Å². The number of alkyl carbamates (subject to hydrolysis) is 1. The highest BCUT2D eigenvalue weighted by Gasteiger charge is 2.61. The summed E-state index contributed by atoms with van der Waals surface area (Å²) in [4.78, 5) is 54.8. The lowest BCUT2D eigenvalue weighted by Crippen LogP contribution is -2.59. The second-order valence-corrected chi connectivity index (χ2v) is 14.0. The van der Waals surface area contributed by atoms with E-state index in [1.54, 1.807) is 45.0 Å². The topological polar surface area (TPSA) is 163 Å². The maximum atomic E-state index is 13.7. The molecule has 1 aromatic carbocycles. The van der Waals surface area contributed by atoms with Gasteiger partial charge in [-0.15, -0.1) is 0 Å². The third-order valence-corrected chi connectivity index (χ3v) is 8.84. The Kier molecular flexibility index (Phi) is 10.2. The molecule has 13 heteroatoms. The van der Waals surface area contributed by atoms with Crippen LogP contribution in [0.3, 0.4) is 0 Å². The summed E-state index contributed by atoms with van der Waals surface area (Å²) < 4.78 is 35.4. The Morgan fingerprint density at radius 3 is 2.53 bits per heavy atom. The highest BCUT2D eigenvalue weighted by atomic mass is 32.2. The molecule has 4 N–H and O–H groups in total. The van der Waals surface area contributed by atoms with Crippen LogP contribution >= 0.6 is 0 Å². The van der Waals surface area contributed by atoms with Gasteiger partial charge in [-0.2, -0.15) is 13.1 Å². The number of hydrogen-bond acceptors (Lipinski definition) is 7. The number of rotatable bonds is 6. The third kappa shape index (κ3) is 8.79. The molecule has 0 bridgehead atoms. The number of benzene rings is 1. The van der Waals surface area contributed by atoms with Crippen molar-refractivity contribution in [2.45, 2.75) is 102 Å². The van der Waals surface area contributed by atoms with Gasteiger partial charge in [-0.05, 0) is 64.9 Å². The van der Waals surface area contributed by atoms with Crippen LogP contribution in [0.1, 0.15) is 77.7 Å². The normalized spacial score (nSPS) is 26.7. The number of ether oxygens (including phenoxy) is 1. The van der Waals surface area contributed by atoms with Crippen LogP contribution in [0.25, 0.3) is 0 Å². The number of allylic oxidation sites excluding steroid dienone is 1. The van der Waals surface area contributed by atoms with Gasteiger partial charge in [-0.25, -0.2) is 9.52 Å². The highest BCUT2D eigenvalue weighted by molar-refractivity contribution is 7.88. The molecule has 4 rings (SSSR count). The molecule has 43 heavy (non-hydrogen) atoms. The lowest BCUT2D eigenvalue weighted by atomic mass is 10.0. The SMILES string of the molecule is CC(C)(C)OC(=O)N[C@H]1CCCCCC=C[C@@H]2C[C@@]2(C(=O)NS(=O)(=O)NCc2ccccc2)NC(=O)[C@@H]2CCCN2C1=O. The van der Waals surface area contributed by atoms with Crippen molar-refractivity contribution in [3.8, 4) is 0 Å². The van der Waals surface area contributed by atoms with Crippen LogP contribution in [0.5, 0.6) is 0 Å². The molecule has 0 aromatic heterocycles. The Bertz CT molecular complexity index is 1330. The van der Waals surface area contributed by atoms with Crippen LogP contribution in [0, 0.1) is 5.92 Å². The largest absolute Gasteiger partial charge is 0.444 e. The molecule has 12 nitrogen and oxygen atoms in total. The van der Waals surface area contributed by atoms with E-state index in [1.807, 2.05) is 18.2 Å². The van der Waals surface area contributed by atoms with Crippen molar-refractivity contribution in [1.82, 2.24) is 25.0 Å². The number of nitrogens with zero attached hydrogens (tertiary/aromatic N) is 1. The molecule has 236 valence electrons.